The van der Waals surface area contributed by atoms with Crippen molar-refractivity contribution in [3.8, 4) is 0 Å². The Hall–Kier alpha value is -0.610. The van der Waals surface area contributed by atoms with Gasteiger partial charge in [-0.15, -0.1) is 0 Å². The first kappa shape index (κ1) is 12.4. The van der Waals surface area contributed by atoms with Crippen LogP contribution < -0.4 is 0 Å². The Morgan fingerprint density at radius 2 is 2.15 bits per heavy atom. The maximum atomic E-state index is 11.1. The summed E-state index contributed by atoms with van der Waals surface area (Å²) < 4.78 is 9.59. The second-order valence-corrected chi connectivity index (χ2v) is 2.91. The van der Waals surface area contributed by atoms with Crippen molar-refractivity contribution in [1.82, 2.24) is 0 Å². The van der Waals surface area contributed by atoms with Crippen molar-refractivity contribution in [2.24, 2.45) is 0 Å². The fourth-order valence-electron chi connectivity index (χ4n) is 0.723. The molecule has 0 aromatic heterocycles. The van der Waals surface area contributed by atoms with Gasteiger partial charge in [-0.1, -0.05) is 13.3 Å². The average molecular weight is 190 g/mol. The van der Waals surface area contributed by atoms with E-state index in [4.69, 9.17) is 9.47 Å². The molecule has 0 aromatic carbocycles. The minimum absolute atomic E-state index is 0.364. The molecule has 0 amide bonds. The van der Waals surface area contributed by atoms with Crippen molar-refractivity contribution in [2.75, 3.05) is 13.7 Å². The molecule has 0 aliphatic heterocycles. The van der Waals surface area contributed by atoms with E-state index in [0.717, 1.165) is 12.8 Å². The van der Waals surface area contributed by atoms with Crippen LogP contribution in [-0.2, 0) is 14.3 Å². The molecule has 4 heteroatoms. The van der Waals surface area contributed by atoms with Crippen molar-refractivity contribution < 1.29 is 19.4 Å². The van der Waals surface area contributed by atoms with Crippen LogP contribution in [0.4, 0.5) is 0 Å². The molecular weight excluding hydrogens is 172 g/mol. The number of hydrogen-bond donors (Lipinski definition) is 1. The molecule has 0 heterocycles. The third-order valence-corrected chi connectivity index (χ3v) is 1.80. The van der Waals surface area contributed by atoms with Crippen molar-refractivity contribution >= 4 is 5.97 Å². The van der Waals surface area contributed by atoms with E-state index in [0.29, 0.717) is 6.61 Å². The highest BCUT2D eigenvalue weighted by molar-refractivity contribution is 5.75. The van der Waals surface area contributed by atoms with Gasteiger partial charge in [-0.05, 0) is 13.3 Å². The van der Waals surface area contributed by atoms with Crippen LogP contribution in [0.25, 0.3) is 0 Å². The predicted octanol–water partition coefficient (Wildman–Crippen LogP) is 0.726. The van der Waals surface area contributed by atoms with Crippen LogP contribution in [0.5, 0.6) is 0 Å². The molecule has 0 radical (unpaired) electrons. The van der Waals surface area contributed by atoms with Gasteiger partial charge in [0.2, 0.25) is 0 Å². The Bertz CT molecular complexity index is 147. The molecule has 13 heavy (non-hydrogen) atoms. The SMILES string of the molecule is CCCCOC(=O)C(O)C(C)OC. The molecule has 0 aliphatic carbocycles. The van der Waals surface area contributed by atoms with Crippen molar-refractivity contribution in [2.45, 2.75) is 38.9 Å². The lowest BCUT2D eigenvalue weighted by Crippen LogP contribution is -2.34. The maximum absolute atomic E-state index is 11.1. The number of carbonyl (C=O) groups is 1. The zero-order chi connectivity index (χ0) is 10.3. The monoisotopic (exact) mass is 190 g/mol. The lowest BCUT2D eigenvalue weighted by Gasteiger charge is -2.15. The summed E-state index contributed by atoms with van der Waals surface area (Å²) in [5.41, 5.74) is 0. The molecule has 0 saturated heterocycles. The normalized spacial score (nSPS) is 15.1. The van der Waals surface area contributed by atoms with Gasteiger partial charge in [0.05, 0.1) is 12.7 Å². The Labute approximate surface area is 78.8 Å². The number of hydrogen-bond acceptors (Lipinski definition) is 4. The van der Waals surface area contributed by atoms with Crippen LogP contribution >= 0.6 is 0 Å². The molecule has 0 rings (SSSR count). The van der Waals surface area contributed by atoms with E-state index in [1.165, 1.54) is 7.11 Å². The summed E-state index contributed by atoms with van der Waals surface area (Å²) in [6.45, 7) is 3.98. The van der Waals surface area contributed by atoms with Crippen molar-refractivity contribution in [3.63, 3.8) is 0 Å². The number of rotatable bonds is 6. The summed E-state index contributed by atoms with van der Waals surface area (Å²) in [5, 5.41) is 9.29. The van der Waals surface area contributed by atoms with Gasteiger partial charge in [-0.3, -0.25) is 0 Å². The summed E-state index contributed by atoms with van der Waals surface area (Å²) in [5.74, 6) is -0.609. The summed E-state index contributed by atoms with van der Waals surface area (Å²) in [4.78, 5) is 11.1. The summed E-state index contributed by atoms with van der Waals surface area (Å²) in [6, 6.07) is 0. The smallest absolute Gasteiger partial charge is 0.337 e. The second-order valence-electron chi connectivity index (χ2n) is 2.91. The summed E-state index contributed by atoms with van der Waals surface area (Å²) in [7, 11) is 1.44. The number of unbranched alkanes of at least 4 members (excludes halogenated alkanes) is 1. The van der Waals surface area contributed by atoms with Gasteiger partial charge in [0, 0.05) is 7.11 Å². The number of aliphatic hydroxyl groups excluding tert-OH is 1. The Morgan fingerprint density at radius 1 is 1.54 bits per heavy atom. The van der Waals surface area contributed by atoms with Gasteiger partial charge >= 0.3 is 5.97 Å². The van der Waals surface area contributed by atoms with Crippen LogP contribution in [0, 0.1) is 0 Å². The molecular formula is C9H18O4. The molecule has 0 bridgehead atoms. The molecule has 0 fully saturated rings. The summed E-state index contributed by atoms with van der Waals surface area (Å²) in [6.07, 6.45) is 0.0826. The van der Waals surface area contributed by atoms with Crippen LogP contribution in [0.3, 0.4) is 0 Å². The van der Waals surface area contributed by atoms with E-state index >= 15 is 0 Å². The van der Waals surface area contributed by atoms with Gasteiger partial charge in [-0.2, -0.15) is 0 Å². The highest BCUT2D eigenvalue weighted by Crippen LogP contribution is 2.00. The van der Waals surface area contributed by atoms with Crippen LogP contribution in [0.15, 0.2) is 0 Å². The first-order valence-corrected chi connectivity index (χ1v) is 4.51. The van der Waals surface area contributed by atoms with E-state index in [-0.39, 0.29) is 0 Å². The first-order valence-electron chi connectivity index (χ1n) is 4.51. The van der Waals surface area contributed by atoms with E-state index in [9.17, 15) is 9.90 Å². The molecule has 0 saturated carbocycles. The minimum Gasteiger partial charge on any atom is -0.464 e. The van der Waals surface area contributed by atoms with Gasteiger partial charge < -0.3 is 14.6 Å². The quantitative estimate of drug-likeness (QED) is 0.495. The zero-order valence-corrected chi connectivity index (χ0v) is 8.45. The Kier molecular flexibility index (Phi) is 6.54. The van der Waals surface area contributed by atoms with Crippen molar-refractivity contribution in [1.29, 1.82) is 0 Å². The van der Waals surface area contributed by atoms with E-state index in [1.807, 2.05) is 6.92 Å². The third kappa shape index (κ3) is 4.85. The lowest BCUT2D eigenvalue weighted by molar-refractivity contribution is -0.160. The average Bonchev–Trinajstić information content (AvgIpc) is 2.15. The first-order chi connectivity index (χ1) is 6.13. The second kappa shape index (κ2) is 6.86. The van der Waals surface area contributed by atoms with E-state index < -0.39 is 18.2 Å². The minimum atomic E-state index is -1.18. The largest absolute Gasteiger partial charge is 0.464 e. The number of aliphatic hydroxyl groups is 1. The molecule has 2 atom stereocenters. The van der Waals surface area contributed by atoms with Gasteiger partial charge in [0.15, 0.2) is 6.10 Å². The Balaban J connectivity index is 3.69. The molecule has 4 nitrogen and oxygen atoms in total. The van der Waals surface area contributed by atoms with E-state index in [1.54, 1.807) is 6.92 Å². The number of methoxy groups -OCH3 is 1. The zero-order valence-electron chi connectivity index (χ0n) is 8.45. The number of ether oxygens (including phenoxy) is 2. The van der Waals surface area contributed by atoms with E-state index in [2.05, 4.69) is 0 Å². The fraction of sp³-hybridized carbons (Fsp3) is 0.889. The van der Waals surface area contributed by atoms with Gasteiger partial charge in [0.1, 0.15) is 0 Å². The highest BCUT2D eigenvalue weighted by atomic mass is 16.6. The molecule has 1 N–H and O–H groups in total. The fourth-order valence-corrected chi connectivity index (χ4v) is 0.723. The maximum Gasteiger partial charge on any atom is 0.337 e. The molecule has 0 aromatic rings. The van der Waals surface area contributed by atoms with Crippen LogP contribution in [0.1, 0.15) is 26.7 Å². The number of esters is 1. The van der Waals surface area contributed by atoms with Gasteiger partial charge in [0.25, 0.3) is 0 Å². The van der Waals surface area contributed by atoms with Crippen molar-refractivity contribution in [3.05, 3.63) is 0 Å². The molecule has 78 valence electrons. The summed E-state index contributed by atoms with van der Waals surface area (Å²) >= 11 is 0. The molecule has 0 spiro atoms. The number of carbonyl (C=O) groups excluding carboxylic acids is 1. The van der Waals surface area contributed by atoms with Crippen LogP contribution in [-0.4, -0.2) is 37.0 Å². The lowest BCUT2D eigenvalue weighted by atomic mass is 10.2. The van der Waals surface area contributed by atoms with Gasteiger partial charge in [-0.25, -0.2) is 4.79 Å². The molecule has 2 unspecified atom stereocenters. The standard InChI is InChI=1S/C9H18O4/c1-4-5-6-13-9(11)8(10)7(2)12-3/h7-8,10H,4-6H2,1-3H3. The van der Waals surface area contributed by atoms with Crippen LogP contribution in [0.2, 0.25) is 0 Å². The highest BCUT2D eigenvalue weighted by Gasteiger charge is 2.23. The predicted molar refractivity (Wildman–Crippen MR) is 48.3 cm³/mol. The third-order valence-electron chi connectivity index (χ3n) is 1.80. The topological polar surface area (TPSA) is 55.8 Å². The Morgan fingerprint density at radius 3 is 2.62 bits per heavy atom. The molecule has 0 aliphatic rings.